The Hall–Kier alpha value is -2.33. The predicted molar refractivity (Wildman–Crippen MR) is 110 cm³/mol. The Kier molecular flexibility index (Phi) is 4.22. The lowest BCUT2D eigenvalue weighted by molar-refractivity contribution is 1.39. The molecule has 0 radical (unpaired) electrons. The molecule has 1 heterocycles. The molecule has 0 saturated carbocycles. The van der Waals surface area contributed by atoms with Crippen molar-refractivity contribution >= 4 is 22.6 Å². The van der Waals surface area contributed by atoms with Gasteiger partial charge in [-0.2, -0.15) is 0 Å². The van der Waals surface area contributed by atoms with Gasteiger partial charge in [0.05, 0.1) is 11.4 Å². The van der Waals surface area contributed by atoms with Crippen molar-refractivity contribution in [2.24, 2.45) is 0 Å². The molecule has 0 saturated heterocycles. The number of nitrogens with one attached hydrogen (secondary N) is 1. The Balaban J connectivity index is 1.99. The number of H-pyrrole nitrogens is 1. The largest absolute Gasteiger partial charge is 0.353 e. The summed E-state index contributed by atoms with van der Waals surface area (Å²) in [5.41, 5.74) is 7.26. The maximum absolute atomic E-state index is 3.67. The molecule has 0 bridgehead atoms. The van der Waals surface area contributed by atoms with E-state index in [2.05, 4.69) is 119 Å². The molecule has 24 heavy (non-hydrogen) atoms. The standard InChI is InChI=1S/C22H16IN/c23-20-19(16-10-4-1-5-11-16)21(17-12-6-2-7-13-17)24-22(20)18-14-8-3-9-15-18/h1-15,24H. The summed E-state index contributed by atoms with van der Waals surface area (Å²) < 4.78 is 1.25. The molecule has 3 aromatic carbocycles. The predicted octanol–water partition coefficient (Wildman–Crippen LogP) is 6.62. The van der Waals surface area contributed by atoms with E-state index in [-0.39, 0.29) is 0 Å². The van der Waals surface area contributed by atoms with E-state index >= 15 is 0 Å². The lowest BCUT2D eigenvalue weighted by atomic mass is 10.0. The normalized spacial score (nSPS) is 10.7. The van der Waals surface area contributed by atoms with E-state index in [1.165, 1.54) is 37.2 Å². The summed E-state index contributed by atoms with van der Waals surface area (Å²) in [5, 5.41) is 0. The highest BCUT2D eigenvalue weighted by Crippen LogP contribution is 2.40. The minimum atomic E-state index is 1.17. The van der Waals surface area contributed by atoms with Crippen LogP contribution in [0.2, 0.25) is 0 Å². The quantitative estimate of drug-likeness (QED) is 0.358. The molecular weight excluding hydrogens is 405 g/mol. The van der Waals surface area contributed by atoms with E-state index in [0.717, 1.165) is 0 Å². The first-order valence-electron chi connectivity index (χ1n) is 7.92. The van der Waals surface area contributed by atoms with Crippen LogP contribution in [-0.2, 0) is 0 Å². The van der Waals surface area contributed by atoms with Crippen LogP contribution in [-0.4, -0.2) is 4.98 Å². The number of benzene rings is 3. The second kappa shape index (κ2) is 6.65. The van der Waals surface area contributed by atoms with Crippen molar-refractivity contribution in [3.63, 3.8) is 0 Å². The molecule has 4 rings (SSSR count). The van der Waals surface area contributed by atoms with Gasteiger partial charge in [0, 0.05) is 9.13 Å². The van der Waals surface area contributed by atoms with Gasteiger partial charge in [-0.15, -0.1) is 0 Å². The molecule has 0 aliphatic heterocycles. The molecule has 0 atom stereocenters. The molecule has 116 valence electrons. The Morgan fingerprint density at radius 3 is 1.42 bits per heavy atom. The van der Waals surface area contributed by atoms with Crippen LogP contribution >= 0.6 is 22.6 Å². The molecule has 0 unspecified atom stereocenters. The van der Waals surface area contributed by atoms with Crippen LogP contribution in [0.3, 0.4) is 0 Å². The van der Waals surface area contributed by atoms with Crippen LogP contribution in [0.4, 0.5) is 0 Å². The van der Waals surface area contributed by atoms with Gasteiger partial charge in [-0.25, -0.2) is 0 Å². The number of hydrogen-bond donors (Lipinski definition) is 1. The van der Waals surface area contributed by atoms with E-state index < -0.39 is 0 Å². The highest BCUT2D eigenvalue weighted by Gasteiger charge is 2.18. The van der Waals surface area contributed by atoms with Crippen LogP contribution in [0.5, 0.6) is 0 Å². The van der Waals surface area contributed by atoms with Crippen molar-refractivity contribution in [1.29, 1.82) is 0 Å². The number of hydrogen-bond acceptors (Lipinski definition) is 0. The van der Waals surface area contributed by atoms with Gasteiger partial charge in [-0.3, -0.25) is 0 Å². The summed E-state index contributed by atoms with van der Waals surface area (Å²) in [4.78, 5) is 3.67. The Bertz CT molecular complexity index is 941. The van der Waals surface area contributed by atoms with Crippen molar-refractivity contribution in [2.75, 3.05) is 0 Å². The zero-order valence-electron chi connectivity index (χ0n) is 13.0. The van der Waals surface area contributed by atoms with Crippen molar-refractivity contribution in [1.82, 2.24) is 4.98 Å². The molecule has 1 nitrogen and oxygen atoms in total. The average Bonchev–Trinajstić information content (AvgIpc) is 3.01. The topological polar surface area (TPSA) is 15.8 Å². The second-order valence-corrected chi connectivity index (χ2v) is 6.74. The molecule has 2 heteroatoms. The summed E-state index contributed by atoms with van der Waals surface area (Å²) >= 11 is 2.46. The van der Waals surface area contributed by atoms with E-state index in [1.807, 2.05) is 0 Å². The van der Waals surface area contributed by atoms with Gasteiger partial charge in [-0.1, -0.05) is 91.0 Å². The molecule has 4 aromatic rings. The maximum Gasteiger partial charge on any atom is 0.0600 e. The van der Waals surface area contributed by atoms with Gasteiger partial charge >= 0.3 is 0 Å². The van der Waals surface area contributed by atoms with Crippen molar-refractivity contribution in [3.05, 3.63) is 94.6 Å². The Morgan fingerprint density at radius 1 is 0.500 bits per heavy atom. The lowest BCUT2D eigenvalue weighted by Gasteiger charge is -2.05. The van der Waals surface area contributed by atoms with Gasteiger partial charge in [0.1, 0.15) is 0 Å². The Morgan fingerprint density at radius 2 is 0.917 bits per heavy atom. The summed E-state index contributed by atoms with van der Waals surface area (Å²) in [6.07, 6.45) is 0. The number of rotatable bonds is 3. The molecule has 0 spiro atoms. The van der Waals surface area contributed by atoms with Crippen LogP contribution in [0.15, 0.2) is 91.0 Å². The number of halogens is 1. The fourth-order valence-corrected chi connectivity index (χ4v) is 4.01. The molecule has 1 aromatic heterocycles. The monoisotopic (exact) mass is 421 g/mol. The SMILES string of the molecule is Ic1c(-c2ccccc2)[nH]c(-c2ccccc2)c1-c1ccccc1. The zero-order valence-corrected chi connectivity index (χ0v) is 15.2. The average molecular weight is 421 g/mol. The summed E-state index contributed by atoms with van der Waals surface area (Å²) in [6, 6.07) is 31.6. The molecule has 0 aliphatic carbocycles. The number of aromatic amines is 1. The first-order valence-corrected chi connectivity index (χ1v) is 9.00. The van der Waals surface area contributed by atoms with Gasteiger partial charge in [-0.05, 0) is 39.3 Å². The van der Waals surface area contributed by atoms with Gasteiger partial charge < -0.3 is 4.98 Å². The summed E-state index contributed by atoms with van der Waals surface area (Å²) in [6.45, 7) is 0. The summed E-state index contributed by atoms with van der Waals surface area (Å²) in [5.74, 6) is 0. The van der Waals surface area contributed by atoms with E-state index in [0.29, 0.717) is 0 Å². The molecule has 0 fully saturated rings. The minimum absolute atomic E-state index is 1.17. The van der Waals surface area contributed by atoms with Gasteiger partial charge in [0.25, 0.3) is 0 Å². The highest BCUT2D eigenvalue weighted by molar-refractivity contribution is 14.1. The van der Waals surface area contributed by atoms with Crippen LogP contribution < -0.4 is 0 Å². The van der Waals surface area contributed by atoms with E-state index in [1.54, 1.807) is 0 Å². The fourth-order valence-electron chi connectivity index (χ4n) is 2.98. The van der Waals surface area contributed by atoms with E-state index in [4.69, 9.17) is 0 Å². The third-order valence-electron chi connectivity index (χ3n) is 4.13. The molecule has 0 amide bonds. The molecule has 0 aliphatic rings. The second-order valence-electron chi connectivity index (χ2n) is 5.66. The molecular formula is C22H16IN. The Labute approximate surface area is 155 Å². The third-order valence-corrected chi connectivity index (χ3v) is 5.21. The highest BCUT2D eigenvalue weighted by atomic mass is 127. The zero-order chi connectivity index (χ0) is 16.4. The van der Waals surface area contributed by atoms with Crippen molar-refractivity contribution in [2.45, 2.75) is 0 Å². The molecule has 1 N–H and O–H groups in total. The van der Waals surface area contributed by atoms with Crippen molar-refractivity contribution < 1.29 is 0 Å². The maximum atomic E-state index is 3.67. The van der Waals surface area contributed by atoms with Gasteiger partial charge in [0.15, 0.2) is 0 Å². The lowest BCUT2D eigenvalue weighted by Crippen LogP contribution is -1.83. The van der Waals surface area contributed by atoms with Gasteiger partial charge in [0.2, 0.25) is 0 Å². The van der Waals surface area contributed by atoms with Crippen molar-refractivity contribution in [3.8, 4) is 33.6 Å². The minimum Gasteiger partial charge on any atom is -0.353 e. The smallest absolute Gasteiger partial charge is 0.0600 e. The fraction of sp³-hybridized carbons (Fsp3) is 0. The van der Waals surface area contributed by atoms with E-state index in [9.17, 15) is 0 Å². The van der Waals surface area contributed by atoms with Crippen LogP contribution in [0, 0.1) is 3.57 Å². The van der Waals surface area contributed by atoms with Crippen LogP contribution in [0.25, 0.3) is 33.6 Å². The van der Waals surface area contributed by atoms with Crippen LogP contribution in [0.1, 0.15) is 0 Å². The summed E-state index contributed by atoms with van der Waals surface area (Å²) in [7, 11) is 0. The first-order chi connectivity index (χ1) is 11.8. The third kappa shape index (κ3) is 2.78. The first kappa shape index (κ1) is 15.2. The number of aromatic nitrogens is 1.